The predicted molar refractivity (Wildman–Crippen MR) is 111 cm³/mol. The van der Waals surface area contributed by atoms with Gasteiger partial charge in [0, 0.05) is 11.4 Å². The molecule has 0 heterocycles. The number of likely N-dealkylation sites (N-methyl/N-ethyl adjacent to an activating group) is 1. The average molecular weight is 367 g/mol. The number of carbonyl (C=O) groups excluding carboxylic acids is 2. The van der Waals surface area contributed by atoms with Crippen molar-refractivity contribution in [3.05, 3.63) is 58.1 Å². The van der Waals surface area contributed by atoms with Crippen molar-refractivity contribution in [1.29, 1.82) is 0 Å². The van der Waals surface area contributed by atoms with Crippen molar-refractivity contribution in [3.8, 4) is 0 Å². The van der Waals surface area contributed by atoms with Crippen molar-refractivity contribution in [3.63, 3.8) is 0 Å². The Morgan fingerprint density at radius 1 is 0.778 bits per heavy atom. The monoisotopic (exact) mass is 367 g/mol. The summed E-state index contributed by atoms with van der Waals surface area (Å²) in [4.78, 5) is 26.3. The minimum atomic E-state index is -0.142. The van der Waals surface area contributed by atoms with E-state index in [0.29, 0.717) is 0 Å². The molecular weight excluding hydrogens is 338 g/mol. The van der Waals surface area contributed by atoms with Gasteiger partial charge in [0.05, 0.1) is 13.1 Å². The summed E-state index contributed by atoms with van der Waals surface area (Å²) in [5.41, 5.74) is 7.17. The minimum absolute atomic E-state index is 0.133. The molecule has 2 N–H and O–H groups in total. The number of benzene rings is 2. The molecule has 2 aromatic carbocycles. The highest BCUT2D eigenvalue weighted by Gasteiger charge is 2.13. The van der Waals surface area contributed by atoms with Crippen molar-refractivity contribution in [2.24, 2.45) is 0 Å². The van der Waals surface area contributed by atoms with Crippen LogP contribution in [0.5, 0.6) is 0 Å². The molecule has 0 saturated carbocycles. The lowest BCUT2D eigenvalue weighted by molar-refractivity contribution is -0.119. The zero-order valence-corrected chi connectivity index (χ0v) is 17.1. The number of rotatable bonds is 6. The van der Waals surface area contributed by atoms with Crippen LogP contribution in [0.1, 0.15) is 27.8 Å². The maximum atomic E-state index is 12.3. The molecule has 0 fully saturated rings. The first-order chi connectivity index (χ1) is 12.7. The maximum absolute atomic E-state index is 12.3. The van der Waals surface area contributed by atoms with Crippen molar-refractivity contribution in [1.82, 2.24) is 4.90 Å². The van der Waals surface area contributed by atoms with Gasteiger partial charge in [-0.25, -0.2) is 0 Å². The summed E-state index contributed by atoms with van der Waals surface area (Å²) < 4.78 is 0. The Morgan fingerprint density at radius 2 is 1.33 bits per heavy atom. The van der Waals surface area contributed by atoms with Gasteiger partial charge in [0.2, 0.25) is 11.8 Å². The van der Waals surface area contributed by atoms with E-state index in [4.69, 9.17) is 0 Å². The second-order valence-electron chi connectivity index (χ2n) is 7.34. The van der Waals surface area contributed by atoms with Gasteiger partial charge in [-0.05, 0) is 76.1 Å². The van der Waals surface area contributed by atoms with Crippen LogP contribution in [0.3, 0.4) is 0 Å². The van der Waals surface area contributed by atoms with Gasteiger partial charge in [-0.2, -0.15) is 0 Å². The standard InChI is InChI=1S/C22H29N3O2/c1-14-9-17(4)22(18(5)10-14)24-21(27)13-25(6)12-20(26)23-19-8-7-15(2)16(3)11-19/h7-11H,12-13H2,1-6H3,(H,23,26)(H,24,27). The van der Waals surface area contributed by atoms with Crippen molar-refractivity contribution in [2.75, 3.05) is 30.8 Å². The molecule has 2 amide bonds. The molecule has 2 rings (SSSR count). The van der Waals surface area contributed by atoms with Gasteiger partial charge in [0.1, 0.15) is 0 Å². The van der Waals surface area contributed by atoms with E-state index in [1.807, 2.05) is 65.0 Å². The molecule has 0 radical (unpaired) electrons. The van der Waals surface area contributed by atoms with Crippen molar-refractivity contribution >= 4 is 23.2 Å². The van der Waals surface area contributed by atoms with Gasteiger partial charge in [-0.1, -0.05) is 23.8 Å². The highest BCUT2D eigenvalue weighted by molar-refractivity contribution is 5.95. The number of nitrogens with zero attached hydrogens (tertiary/aromatic N) is 1. The molecule has 0 aliphatic heterocycles. The van der Waals surface area contributed by atoms with E-state index in [-0.39, 0.29) is 24.9 Å². The molecule has 0 atom stereocenters. The summed E-state index contributed by atoms with van der Waals surface area (Å²) in [6, 6.07) is 9.90. The smallest absolute Gasteiger partial charge is 0.238 e. The van der Waals surface area contributed by atoms with Crippen LogP contribution in [0.25, 0.3) is 0 Å². The topological polar surface area (TPSA) is 61.4 Å². The van der Waals surface area contributed by atoms with Crippen LogP contribution in [0.2, 0.25) is 0 Å². The zero-order chi connectivity index (χ0) is 20.1. The van der Waals surface area contributed by atoms with Gasteiger partial charge in [0.15, 0.2) is 0 Å². The summed E-state index contributed by atoms with van der Waals surface area (Å²) in [5.74, 6) is -0.275. The normalized spacial score (nSPS) is 10.8. The van der Waals surface area contributed by atoms with Crippen LogP contribution < -0.4 is 10.6 Å². The van der Waals surface area contributed by atoms with Gasteiger partial charge in [-0.15, -0.1) is 0 Å². The molecule has 5 nitrogen and oxygen atoms in total. The first-order valence-electron chi connectivity index (χ1n) is 9.09. The molecule has 0 aliphatic carbocycles. The highest BCUT2D eigenvalue weighted by Crippen LogP contribution is 2.21. The summed E-state index contributed by atoms with van der Waals surface area (Å²) in [5, 5.41) is 5.84. The van der Waals surface area contributed by atoms with Crippen molar-refractivity contribution in [2.45, 2.75) is 34.6 Å². The van der Waals surface area contributed by atoms with Crippen molar-refractivity contribution < 1.29 is 9.59 Å². The number of amides is 2. The number of carbonyl (C=O) groups is 2. The van der Waals surface area contributed by atoms with Crippen LogP contribution in [0.15, 0.2) is 30.3 Å². The molecule has 0 aromatic heterocycles. The second-order valence-corrected chi connectivity index (χ2v) is 7.34. The number of hydrogen-bond donors (Lipinski definition) is 2. The molecular formula is C22H29N3O2. The van der Waals surface area contributed by atoms with Crippen LogP contribution in [0.4, 0.5) is 11.4 Å². The zero-order valence-electron chi connectivity index (χ0n) is 17.1. The third-order valence-corrected chi connectivity index (χ3v) is 4.56. The van der Waals surface area contributed by atoms with Gasteiger partial charge in [-0.3, -0.25) is 14.5 Å². The van der Waals surface area contributed by atoms with E-state index in [2.05, 4.69) is 10.6 Å². The molecule has 0 aliphatic rings. The summed E-state index contributed by atoms with van der Waals surface area (Å²) in [6.45, 7) is 10.3. The quantitative estimate of drug-likeness (QED) is 0.818. The Labute approximate surface area is 161 Å². The average Bonchev–Trinajstić information content (AvgIpc) is 2.54. The van der Waals surface area contributed by atoms with E-state index >= 15 is 0 Å². The van der Waals surface area contributed by atoms with Crippen LogP contribution in [-0.2, 0) is 9.59 Å². The number of hydrogen-bond acceptors (Lipinski definition) is 3. The summed E-state index contributed by atoms with van der Waals surface area (Å²) >= 11 is 0. The molecule has 0 bridgehead atoms. The predicted octanol–water partition coefficient (Wildman–Crippen LogP) is 3.74. The van der Waals surface area contributed by atoms with Gasteiger partial charge < -0.3 is 10.6 Å². The Morgan fingerprint density at radius 3 is 1.89 bits per heavy atom. The van der Waals surface area contributed by atoms with E-state index in [9.17, 15) is 9.59 Å². The third kappa shape index (κ3) is 5.93. The number of anilines is 2. The summed E-state index contributed by atoms with van der Waals surface area (Å²) in [6.07, 6.45) is 0. The minimum Gasteiger partial charge on any atom is -0.325 e. The lowest BCUT2D eigenvalue weighted by atomic mass is 10.1. The third-order valence-electron chi connectivity index (χ3n) is 4.56. The Hall–Kier alpha value is -2.66. The van der Waals surface area contributed by atoms with E-state index in [1.54, 1.807) is 11.9 Å². The van der Waals surface area contributed by atoms with E-state index in [0.717, 1.165) is 28.1 Å². The highest BCUT2D eigenvalue weighted by atomic mass is 16.2. The van der Waals surface area contributed by atoms with Gasteiger partial charge in [0.25, 0.3) is 0 Å². The number of aryl methyl sites for hydroxylation is 5. The summed E-state index contributed by atoms with van der Waals surface area (Å²) in [7, 11) is 1.76. The number of nitrogens with one attached hydrogen (secondary N) is 2. The van der Waals surface area contributed by atoms with E-state index in [1.165, 1.54) is 11.1 Å². The van der Waals surface area contributed by atoms with Gasteiger partial charge >= 0.3 is 0 Å². The first kappa shape index (κ1) is 20.6. The Balaban J connectivity index is 1.89. The Bertz CT molecular complexity index is 836. The molecule has 27 heavy (non-hydrogen) atoms. The molecule has 2 aromatic rings. The fraction of sp³-hybridized carbons (Fsp3) is 0.364. The fourth-order valence-corrected chi connectivity index (χ4v) is 3.12. The first-order valence-corrected chi connectivity index (χ1v) is 9.09. The lowest BCUT2D eigenvalue weighted by Gasteiger charge is -2.18. The SMILES string of the molecule is Cc1cc(C)c(NC(=O)CN(C)CC(=O)Nc2ccc(C)c(C)c2)c(C)c1. The van der Waals surface area contributed by atoms with E-state index < -0.39 is 0 Å². The molecule has 0 unspecified atom stereocenters. The maximum Gasteiger partial charge on any atom is 0.238 e. The molecule has 0 spiro atoms. The second kappa shape index (κ2) is 8.82. The Kier molecular flexibility index (Phi) is 6.75. The van der Waals surface area contributed by atoms with Crippen LogP contribution in [0, 0.1) is 34.6 Å². The van der Waals surface area contributed by atoms with Crippen LogP contribution >= 0.6 is 0 Å². The lowest BCUT2D eigenvalue weighted by Crippen LogP contribution is -2.36. The largest absolute Gasteiger partial charge is 0.325 e. The molecule has 5 heteroatoms. The fourth-order valence-electron chi connectivity index (χ4n) is 3.12. The molecule has 144 valence electrons. The molecule has 0 saturated heterocycles. The van der Waals surface area contributed by atoms with Crippen LogP contribution in [-0.4, -0.2) is 36.9 Å².